The first-order chi connectivity index (χ1) is 14.3. The Balaban J connectivity index is 1.77. The number of fused-ring (bicyclic) bond motifs is 2. The maximum Gasteiger partial charge on any atom is 0.341 e. The minimum atomic E-state index is -1.34. The average Bonchev–Trinajstić information content (AvgIpc) is 3.48. The lowest BCUT2D eigenvalue weighted by atomic mass is 9.85. The van der Waals surface area contributed by atoms with Gasteiger partial charge in [-0.2, -0.15) is 0 Å². The Morgan fingerprint density at radius 2 is 2.13 bits per heavy atom. The second-order valence-corrected chi connectivity index (χ2v) is 8.28. The molecular weight excluding hydrogens is 385 g/mol. The lowest BCUT2D eigenvalue weighted by Crippen LogP contribution is -2.46. The summed E-state index contributed by atoms with van der Waals surface area (Å²) in [6, 6.07) is 1.17. The lowest BCUT2D eigenvalue weighted by molar-refractivity contribution is 0.0695. The number of pyridine rings is 1. The van der Waals surface area contributed by atoms with E-state index in [4.69, 9.17) is 12.2 Å². The molecule has 1 aromatic heterocycles. The number of benzene rings is 1. The van der Waals surface area contributed by atoms with Gasteiger partial charge in [0.25, 0.3) is 0 Å². The van der Waals surface area contributed by atoms with Crippen LogP contribution in [-0.2, 0) is 0 Å². The Hall–Kier alpha value is -3.37. The number of nitrogens with zero attached hydrogens (tertiary/aromatic N) is 2. The lowest BCUT2D eigenvalue weighted by Gasteiger charge is -2.27. The summed E-state index contributed by atoms with van der Waals surface area (Å²) in [5, 5.41) is 9.43. The molecule has 1 saturated heterocycles. The molecule has 2 heterocycles. The number of hydrogen-bond acceptors (Lipinski definition) is 4. The molecule has 1 aliphatic heterocycles. The summed E-state index contributed by atoms with van der Waals surface area (Å²) in [5.74, 6) is 0.617. The van der Waals surface area contributed by atoms with E-state index in [9.17, 15) is 14.7 Å². The van der Waals surface area contributed by atoms with E-state index in [1.807, 2.05) is 29.2 Å². The van der Waals surface area contributed by atoms with Gasteiger partial charge in [0.2, 0.25) is 5.43 Å². The highest BCUT2D eigenvalue weighted by atomic mass is 19.1. The van der Waals surface area contributed by atoms with Crippen molar-refractivity contribution in [1.29, 1.82) is 0 Å². The third-order valence-electron chi connectivity index (χ3n) is 6.31. The fraction of sp³-hybridized carbons (Fsp3) is 0.304. The molecule has 3 aliphatic rings. The van der Waals surface area contributed by atoms with Crippen LogP contribution in [0.25, 0.3) is 10.9 Å². The van der Waals surface area contributed by atoms with E-state index < -0.39 is 22.8 Å². The van der Waals surface area contributed by atoms with Crippen molar-refractivity contribution in [2.24, 2.45) is 11.7 Å². The van der Waals surface area contributed by atoms with Crippen molar-refractivity contribution >= 4 is 22.6 Å². The first-order valence-electron chi connectivity index (χ1n) is 9.85. The van der Waals surface area contributed by atoms with Crippen molar-refractivity contribution in [1.82, 2.24) is 4.57 Å². The fourth-order valence-electron chi connectivity index (χ4n) is 4.66. The van der Waals surface area contributed by atoms with Crippen LogP contribution in [0.2, 0.25) is 0 Å². The molecule has 152 valence electrons. The number of terminal acetylenes is 1. The van der Waals surface area contributed by atoms with E-state index in [-0.39, 0.29) is 34.2 Å². The molecule has 2 unspecified atom stereocenters. The van der Waals surface area contributed by atoms with Crippen molar-refractivity contribution in [3.63, 3.8) is 0 Å². The number of halogens is 1. The molecule has 7 heteroatoms. The first kappa shape index (κ1) is 18.6. The molecule has 30 heavy (non-hydrogen) atoms. The molecule has 3 N–H and O–H groups in total. The molecule has 2 aliphatic carbocycles. The van der Waals surface area contributed by atoms with Crippen LogP contribution in [0.3, 0.4) is 0 Å². The standard InChI is InChI=1S/C23H20FN3O3/c1-2-15-19-16(21(28)17(22(29)30)11-27(19)14-6-7-14)9-18(24)20(15)26-10-13-5-3-4-8-23(13,25)12-26/h1,3-5,8-9,11,13-14H,6-7,10,12,25H2,(H,29,30). The zero-order valence-corrected chi connectivity index (χ0v) is 16.1. The van der Waals surface area contributed by atoms with E-state index in [2.05, 4.69) is 5.92 Å². The predicted octanol–water partition coefficient (Wildman–Crippen LogP) is 2.41. The number of allylic oxidation sites excluding steroid dienone is 2. The van der Waals surface area contributed by atoms with Gasteiger partial charge in [-0.3, -0.25) is 4.79 Å². The number of aromatic nitrogens is 1. The number of carboxylic acid groups (broad SMARTS) is 1. The van der Waals surface area contributed by atoms with Crippen molar-refractivity contribution in [3.05, 3.63) is 63.7 Å². The molecule has 5 rings (SSSR count). The van der Waals surface area contributed by atoms with Gasteiger partial charge < -0.3 is 20.3 Å². The van der Waals surface area contributed by atoms with E-state index in [0.717, 1.165) is 18.9 Å². The van der Waals surface area contributed by atoms with Gasteiger partial charge >= 0.3 is 5.97 Å². The molecule has 1 aromatic carbocycles. The quantitative estimate of drug-likeness (QED) is 0.766. The molecule has 2 fully saturated rings. The Kier molecular flexibility index (Phi) is 3.92. The van der Waals surface area contributed by atoms with Crippen molar-refractivity contribution in [2.45, 2.75) is 24.4 Å². The van der Waals surface area contributed by atoms with Gasteiger partial charge in [-0.1, -0.05) is 30.2 Å². The molecule has 1 saturated carbocycles. The highest BCUT2D eigenvalue weighted by Crippen LogP contribution is 2.42. The van der Waals surface area contributed by atoms with Gasteiger partial charge in [-0.05, 0) is 18.9 Å². The number of carbonyl (C=O) groups is 1. The van der Waals surface area contributed by atoms with Crippen LogP contribution in [0.1, 0.15) is 34.8 Å². The number of hydrogen-bond donors (Lipinski definition) is 2. The summed E-state index contributed by atoms with van der Waals surface area (Å²) >= 11 is 0. The Morgan fingerprint density at radius 1 is 1.37 bits per heavy atom. The second kappa shape index (κ2) is 6.31. The summed E-state index contributed by atoms with van der Waals surface area (Å²) in [5.41, 5.74) is 5.73. The maximum absolute atomic E-state index is 15.4. The molecule has 0 radical (unpaired) electrons. The fourth-order valence-corrected chi connectivity index (χ4v) is 4.66. The molecule has 2 aromatic rings. The summed E-state index contributed by atoms with van der Waals surface area (Å²) < 4.78 is 17.1. The first-order valence-corrected chi connectivity index (χ1v) is 9.85. The van der Waals surface area contributed by atoms with Gasteiger partial charge in [0.1, 0.15) is 11.4 Å². The number of aromatic carboxylic acids is 1. The van der Waals surface area contributed by atoms with Gasteiger partial charge in [0, 0.05) is 31.2 Å². The van der Waals surface area contributed by atoms with Crippen LogP contribution in [0, 0.1) is 24.1 Å². The van der Waals surface area contributed by atoms with Crippen LogP contribution in [-0.4, -0.2) is 34.3 Å². The summed E-state index contributed by atoms with van der Waals surface area (Å²) in [6.45, 7) is 0.881. The minimum absolute atomic E-state index is 0.00475. The van der Waals surface area contributed by atoms with Crippen molar-refractivity contribution in [2.75, 3.05) is 18.0 Å². The largest absolute Gasteiger partial charge is 0.477 e. The summed E-state index contributed by atoms with van der Waals surface area (Å²) in [4.78, 5) is 26.2. The Bertz CT molecular complexity index is 1270. The Labute approximate surface area is 172 Å². The van der Waals surface area contributed by atoms with E-state index in [1.165, 1.54) is 6.20 Å². The number of carboxylic acids is 1. The Morgan fingerprint density at radius 3 is 2.77 bits per heavy atom. The van der Waals surface area contributed by atoms with E-state index in [1.54, 1.807) is 4.57 Å². The van der Waals surface area contributed by atoms with Crippen LogP contribution in [0.4, 0.5) is 10.1 Å². The molecular formula is C23H20FN3O3. The van der Waals surface area contributed by atoms with Crippen LogP contribution >= 0.6 is 0 Å². The van der Waals surface area contributed by atoms with E-state index >= 15 is 4.39 Å². The minimum Gasteiger partial charge on any atom is -0.477 e. The summed E-state index contributed by atoms with van der Waals surface area (Å²) in [6.07, 6.45) is 16.6. The zero-order valence-electron chi connectivity index (χ0n) is 16.1. The molecule has 0 bridgehead atoms. The number of anilines is 1. The molecule has 2 atom stereocenters. The van der Waals surface area contributed by atoms with Crippen LogP contribution in [0.5, 0.6) is 0 Å². The van der Waals surface area contributed by atoms with Crippen molar-refractivity contribution in [3.8, 4) is 12.3 Å². The smallest absolute Gasteiger partial charge is 0.341 e. The average molecular weight is 405 g/mol. The van der Waals surface area contributed by atoms with Crippen LogP contribution < -0.4 is 16.1 Å². The third-order valence-corrected chi connectivity index (χ3v) is 6.31. The molecule has 0 amide bonds. The normalized spacial score (nSPS) is 24.8. The summed E-state index contributed by atoms with van der Waals surface area (Å²) in [7, 11) is 0. The van der Waals surface area contributed by atoms with Gasteiger partial charge in [0.05, 0.1) is 27.7 Å². The van der Waals surface area contributed by atoms with Gasteiger partial charge in [-0.25, -0.2) is 9.18 Å². The zero-order chi connectivity index (χ0) is 21.2. The highest BCUT2D eigenvalue weighted by molar-refractivity contribution is 5.97. The molecule has 6 nitrogen and oxygen atoms in total. The maximum atomic E-state index is 15.4. The predicted molar refractivity (Wildman–Crippen MR) is 112 cm³/mol. The number of rotatable bonds is 3. The SMILES string of the molecule is C#Cc1c(N2CC3C=CC=CC3(N)C2)c(F)cc2c(=O)c(C(=O)O)cn(C3CC3)c12. The molecule has 0 spiro atoms. The van der Waals surface area contributed by atoms with E-state index in [0.29, 0.717) is 18.6 Å². The van der Waals surface area contributed by atoms with Crippen molar-refractivity contribution < 1.29 is 14.3 Å². The van der Waals surface area contributed by atoms with Gasteiger partial charge in [0.15, 0.2) is 0 Å². The monoisotopic (exact) mass is 405 g/mol. The van der Waals surface area contributed by atoms with Gasteiger partial charge in [-0.15, -0.1) is 6.42 Å². The second-order valence-electron chi connectivity index (χ2n) is 8.28. The topological polar surface area (TPSA) is 88.6 Å². The number of nitrogens with two attached hydrogens (primary N) is 1. The highest BCUT2D eigenvalue weighted by Gasteiger charge is 2.43. The third kappa shape index (κ3) is 2.61. The van der Waals surface area contributed by atoms with Crippen LogP contribution in [0.15, 0.2) is 41.4 Å².